The predicted molar refractivity (Wildman–Crippen MR) is 196 cm³/mol. The van der Waals surface area contributed by atoms with E-state index < -0.39 is 13.7 Å². The van der Waals surface area contributed by atoms with E-state index in [0.29, 0.717) is 26.6 Å². The molecule has 1 saturated carbocycles. The highest BCUT2D eigenvalue weighted by Crippen LogP contribution is 2.46. The summed E-state index contributed by atoms with van der Waals surface area (Å²) in [7, 11) is 0.647. The van der Waals surface area contributed by atoms with Gasteiger partial charge in [0, 0.05) is 64.9 Å². The molecule has 11 nitrogen and oxygen atoms in total. The zero-order chi connectivity index (χ0) is 35.0. The molecule has 1 spiro atoms. The van der Waals surface area contributed by atoms with Crippen molar-refractivity contribution in [3.05, 3.63) is 36.7 Å². The quantitative estimate of drug-likeness (QED) is 0.182. The Bertz CT molecular complexity index is 1620. The zero-order valence-corrected chi connectivity index (χ0v) is 31.5. The summed E-state index contributed by atoms with van der Waals surface area (Å²) in [5.74, 6) is 1.06. The first-order valence-electron chi connectivity index (χ1n) is 17.8. The van der Waals surface area contributed by atoms with E-state index in [1.165, 1.54) is 0 Å². The summed E-state index contributed by atoms with van der Waals surface area (Å²) >= 11 is 0. The topological polar surface area (TPSA) is 102 Å². The minimum atomic E-state index is -1.23. The number of likely N-dealkylation sites (tertiary alicyclic amines) is 1. The minimum absolute atomic E-state index is 0.0149. The summed E-state index contributed by atoms with van der Waals surface area (Å²) < 4.78 is 19.6. The summed E-state index contributed by atoms with van der Waals surface area (Å²) in [6, 6.07) is 11.5. The number of fused-ring (bicyclic) bond motifs is 1. The Morgan fingerprint density at radius 3 is 2.35 bits per heavy atom. The van der Waals surface area contributed by atoms with Crippen molar-refractivity contribution in [1.29, 1.82) is 0 Å². The Labute approximate surface area is 291 Å². The van der Waals surface area contributed by atoms with Crippen LogP contribution in [0.2, 0.25) is 25.7 Å². The van der Waals surface area contributed by atoms with Crippen LogP contribution in [-0.2, 0) is 25.7 Å². The van der Waals surface area contributed by atoms with Crippen molar-refractivity contribution >= 4 is 42.6 Å². The third-order valence-electron chi connectivity index (χ3n) is 10.2. The van der Waals surface area contributed by atoms with Crippen LogP contribution < -0.4 is 9.80 Å². The highest BCUT2D eigenvalue weighted by atomic mass is 28.3. The molecular weight excluding hydrogens is 637 g/mol. The van der Waals surface area contributed by atoms with Gasteiger partial charge < -0.3 is 33.5 Å². The van der Waals surface area contributed by atoms with Gasteiger partial charge in [-0.3, -0.25) is 4.79 Å². The van der Waals surface area contributed by atoms with Crippen LogP contribution in [0.1, 0.15) is 46.5 Å². The van der Waals surface area contributed by atoms with Crippen LogP contribution >= 0.6 is 0 Å². The normalized spacial score (nSPS) is 18.5. The molecule has 2 amide bonds. The van der Waals surface area contributed by atoms with E-state index in [2.05, 4.69) is 47.3 Å². The van der Waals surface area contributed by atoms with Crippen molar-refractivity contribution in [1.82, 2.24) is 19.4 Å². The largest absolute Gasteiger partial charge is 0.444 e. The molecule has 12 heteroatoms. The molecule has 3 aliphatic rings. The number of amides is 2. The van der Waals surface area contributed by atoms with Crippen molar-refractivity contribution in [2.45, 2.75) is 84.5 Å². The molecule has 2 aliphatic heterocycles. The Kier molecular flexibility index (Phi) is 10.1. The number of hydrogen-bond acceptors (Lipinski definition) is 8. The molecule has 6 rings (SSSR count). The zero-order valence-electron chi connectivity index (χ0n) is 30.5. The van der Waals surface area contributed by atoms with Crippen molar-refractivity contribution in [2.24, 2.45) is 11.3 Å². The van der Waals surface area contributed by atoms with Crippen LogP contribution in [0, 0.1) is 11.3 Å². The maximum absolute atomic E-state index is 13.7. The smallest absolute Gasteiger partial charge is 0.410 e. The van der Waals surface area contributed by atoms with Gasteiger partial charge in [0.25, 0.3) is 0 Å². The fraction of sp³-hybridized carbons (Fsp3) is 0.622. The van der Waals surface area contributed by atoms with Crippen LogP contribution in [0.15, 0.2) is 36.7 Å². The third-order valence-corrected chi connectivity index (χ3v) is 11.9. The molecule has 0 bridgehead atoms. The van der Waals surface area contributed by atoms with E-state index in [0.717, 1.165) is 91.7 Å². The lowest BCUT2D eigenvalue weighted by atomic mass is 9.66. The molecule has 49 heavy (non-hydrogen) atoms. The fourth-order valence-corrected chi connectivity index (χ4v) is 8.01. The van der Waals surface area contributed by atoms with Gasteiger partial charge in [-0.05, 0) is 76.3 Å². The average molecular weight is 691 g/mol. The van der Waals surface area contributed by atoms with E-state index in [1.54, 1.807) is 16.1 Å². The first-order chi connectivity index (χ1) is 23.2. The van der Waals surface area contributed by atoms with Gasteiger partial charge in [0.2, 0.25) is 5.91 Å². The number of rotatable bonds is 9. The molecule has 1 aromatic carbocycles. The highest BCUT2D eigenvalue weighted by molar-refractivity contribution is 6.76. The van der Waals surface area contributed by atoms with Gasteiger partial charge in [-0.1, -0.05) is 31.8 Å². The molecule has 266 valence electrons. The predicted octanol–water partition coefficient (Wildman–Crippen LogP) is 6.64. The molecule has 2 saturated heterocycles. The van der Waals surface area contributed by atoms with Crippen molar-refractivity contribution in [2.75, 3.05) is 62.8 Å². The Balaban J connectivity index is 1.14. The van der Waals surface area contributed by atoms with Gasteiger partial charge in [0.15, 0.2) is 0 Å². The molecule has 3 aromatic rings. The summed E-state index contributed by atoms with van der Waals surface area (Å²) in [5.41, 5.74) is 3.40. The first kappa shape index (κ1) is 35.3. The summed E-state index contributed by atoms with van der Waals surface area (Å²) in [6.07, 6.45) is 5.00. The Morgan fingerprint density at radius 2 is 1.71 bits per heavy atom. The van der Waals surface area contributed by atoms with Gasteiger partial charge in [-0.15, -0.1) is 0 Å². The van der Waals surface area contributed by atoms with Gasteiger partial charge >= 0.3 is 6.09 Å². The Morgan fingerprint density at radius 1 is 1.04 bits per heavy atom. The Hall–Kier alpha value is -3.48. The lowest BCUT2D eigenvalue weighted by Crippen LogP contribution is -2.60. The van der Waals surface area contributed by atoms with E-state index >= 15 is 0 Å². The van der Waals surface area contributed by atoms with E-state index in [1.807, 2.05) is 40.0 Å². The molecular formula is C37H54N6O5Si. The molecule has 2 aromatic heterocycles. The van der Waals surface area contributed by atoms with Crippen LogP contribution in [0.5, 0.6) is 0 Å². The number of nitrogens with zero attached hydrogens (tertiary/aromatic N) is 6. The van der Waals surface area contributed by atoms with Gasteiger partial charge in [-0.2, -0.15) is 0 Å². The fourth-order valence-electron chi connectivity index (χ4n) is 7.25. The van der Waals surface area contributed by atoms with Crippen LogP contribution in [0.3, 0.4) is 0 Å². The number of morpholine rings is 1. The van der Waals surface area contributed by atoms with Crippen LogP contribution in [0.4, 0.5) is 16.3 Å². The second-order valence-corrected chi connectivity index (χ2v) is 22.0. The number of aromatic nitrogens is 3. The SMILES string of the molecule is CN(C(=O)C1CCC2(CC1)CN(C(=O)OC(C)(C)C)C2)c1ccc(-c2cc3c(N4CCOCC4)ncnc3n2COCC[Si](C)(C)C)cc1. The molecule has 0 radical (unpaired) electrons. The number of hydrogen-bond donors (Lipinski definition) is 0. The number of anilines is 2. The molecule has 0 atom stereocenters. The number of benzene rings is 1. The molecule has 1 aliphatic carbocycles. The van der Waals surface area contributed by atoms with Gasteiger partial charge in [-0.25, -0.2) is 14.8 Å². The maximum Gasteiger partial charge on any atom is 0.410 e. The van der Waals surface area contributed by atoms with E-state index in [4.69, 9.17) is 24.2 Å². The van der Waals surface area contributed by atoms with Crippen molar-refractivity contribution in [3.63, 3.8) is 0 Å². The van der Waals surface area contributed by atoms with Crippen molar-refractivity contribution in [3.8, 4) is 11.3 Å². The van der Waals surface area contributed by atoms with Gasteiger partial charge in [0.05, 0.1) is 24.3 Å². The maximum atomic E-state index is 13.7. The second kappa shape index (κ2) is 14.0. The van der Waals surface area contributed by atoms with E-state index in [-0.39, 0.29) is 23.3 Å². The summed E-state index contributed by atoms with van der Waals surface area (Å²) in [4.78, 5) is 41.4. The number of carbonyl (C=O) groups excluding carboxylic acids is 2. The standard InChI is InChI=1S/C37H54N6O5Si/c1-36(2,3)48-35(45)42-23-37(24-42)14-12-28(13-15-37)34(44)40(4)29-10-8-27(9-11-29)31-22-30-32(41-16-18-46-19-17-41)38-25-39-33(30)43(31)26-47-20-21-49(5,6)7/h8-11,22,25,28H,12-21,23-24,26H2,1-7H3. The second-order valence-electron chi connectivity index (χ2n) is 16.4. The molecule has 4 heterocycles. The van der Waals surface area contributed by atoms with Gasteiger partial charge in [0.1, 0.15) is 30.1 Å². The summed E-state index contributed by atoms with van der Waals surface area (Å²) in [6.45, 7) is 18.3. The molecule has 0 N–H and O–H groups in total. The van der Waals surface area contributed by atoms with Crippen LogP contribution in [-0.4, -0.2) is 98.2 Å². The molecule has 3 fully saturated rings. The monoisotopic (exact) mass is 690 g/mol. The first-order valence-corrected chi connectivity index (χ1v) is 21.5. The highest BCUT2D eigenvalue weighted by Gasteiger charge is 2.49. The minimum Gasteiger partial charge on any atom is -0.444 e. The third kappa shape index (κ3) is 8.13. The average Bonchev–Trinajstić information content (AvgIpc) is 3.43. The lowest BCUT2D eigenvalue weighted by molar-refractivity contribution is -0.125. The van der Waals surface area contributed by atoms with Crippen molar-refractivity contribution < 1.29 is 23.8 Å². The number of ether oxygens (including phenoxy) is 3. The van der Waals surface area contributed by atoms with E-state index in [9.17, 15) is 9.59 Å². The lowest BCUT2D eigenvalue weighted by Gasteiger charge is -2.53. The number of carbonyl (C=O) groups is 2. The molecule has 0 unspecified atom stereocenters. The summed E-state index contributed by atoms with van der Waals surface area (Å²) in [5, 5.41) is 1.00. The van der Waals surface area contributed by atoms with Crippen LogP contribution in [0.25, 0.3) is 22.3 Å².